The fourth-order valence-corrected chi connectivity index (χ4v) is 4.22. The van der Waals surface area contributed by atoms with Crippen LogP contribution in [0.2, 0.25) is 0 Å². The third-order valence-corrected chi connectivity index (χ3v) is 5.89. The number of amides is 4. The number of rotatable bonds is 5. The molecule has 0 radical (unpaired) electrons. The Labute approximate surface area is 222 Å². The molecule has 0 spiro atoms. The number of methoxy groups -OCH3 is 1. The van der Waals surface area contributed by atoms with Crippen LogP contribution in [0.5, 0.6) is 5.75 Å². The molecule has 4 amide bonds. The molecule has 2 aromatic carbocycles. The average molecular weight is 567 g/mol. The van der Waals surface area contributed by atoms with Crippen molar-refractivity contribution in [1.29, 1.82) is 0 Å². The van der Waals surface area contributed by atoms with Crippen LogP contribution in [-0.2, 0) is 14.3 Å². The van der Waals surface area contributed by atoms with Gasteiger partial charge >= 0.3 is 24.6 Å². The summed E-state index contributed by atoms with van der Waals surface area (Å²) >= 11 is 0. The Kier molecular flexibility index (Phi) is 7.70. The fraction of sp³-hybridized carbons (Fsp3) is 0.250. The van der Waals surface area contributed by atoms with E-state index in [1.165, 1.54) is 6.20 Å². The van der Waals surface area contributed by atoms with Crippen LogP contribution >= 0.6 is 0 Å². The number of carbonyl (C=O) groups is 4. The second kappa shape index (κ2) is 11.0. The molecule has 2 heterocycles. The van der Waals surface area contributed by atoms with Gasteiger partial charge in [-0.1, -0.05) is 24.3 Å². The first kappa shape index (κ1) is 28.0. The number of anilines is 2. The number of ether oxygens (including phenoxy) is 3. The molecule has 0 saturated carbocycles. The molecule has 1 aliphatic rings. The topological polar surface area (TPSA) is 154 Å². The van der Waals surface area contributed by atoms with Crippen molar-refractivity contribution in [2.24, 2.45) is 5.73 Å². The third-order valence-electron chi connectivity index (χ3n) is 5.89. The molecular formula is C24H21F4N5O7. The van der Waals surface area contributed by atoms with Crippen LogP contribution in [-0.4, -0.2) is 65.8 Å². The number of alkyl halides is 3. The van der Waals surface area contributed by atoms with Gasteiger partial charge in [0.15, 0.2) is 11.6 Å². The highest BCUT2D eigenvalue weighted by Crippen LogP contribution is 2.31. The molecule has 16 heteroatoms. The highest BCUT2D eigenvalue weighted by molar-refractivity contribution is 6.06. The first-order valence-electron chi connectivity index (χ1n) is 11.4. The van der Waals surface area contributed by atoms with Crippen molar-refractivity contribution in [2.75, 3.05) is 24.3 Å². The summed E-state index contributed by atoms with van der Waals surface area (Å²) in [5.74, 6) is -3.67. The van der Waals surface area contributed by atoms with E-state index in [9.17, 15) is 36.7 Å². The van der Waals surface area contributed by atoms with E-state index in [1.807, 2.05) is 0 Å². The van der Waals surface area contributed by atoms with Gasteiger partial charge in [0.05, 0.1) is 30.5 Å². The van der Waals surface area contributed by atoms with Crippen LogP contribution in [0.15, 0.2) is 48.7 Å². The number of benzene rings is 2. The fourth-order valence-electron chi connectivity index (χ4n) is 4.22. The Morgan fingerprint density at radius 3 is 2.42 bits per heavy atom. The number of likely N-dealkylation sites (tertiary alicyclic amines) is 1. The summed E-state index contributed by atoms with van der Waals surface area (Å²) in [5, 5.41) is 5.16. The lowest BCUT2D eigenvalue weighted by atomic mass is 10.1. The smallest absolute Gasteiger partial charge is 0.438 e. The Morgan fingerprint density at radius 2 is 1.75 bits per heavy atom. The molecule has 0 bridgehead atoms. The number of para-hydroxylation sites is 1. The maximum Gasteiger partial charge on any atom is 0.573 e. The predicted octanol–water partition coefficient (Wildman–Crippen LogP) is 4.00. The molecule has 2 atom stereocenters. The second-order valence-corrected chi connectivity index (χ2v) is 8.45. The van der Waals surface area contributed by atoms with Gasteiger partial charge in [-0.25, -0.2) is 18.8 Å². The lowest BCUT2D eigenvalue weighted by Crippen LogP contribution is -2.45. The third kappa shape index (κ3) is 6.00. The summed E-state index contributed by atoms with van der Waals surface area (Å²) in [4.78, 5) is 50.9. The van der Waals surface area contributed by atoms with E-state index >= 15 is 0 Å². The van der Waals surface area contributed by atoms with Crippen molar-refractivity contribution < 1.29 is 51.0 Å². The van der Waals surface area contributed by atoms with Crippen LogP contribution in [0.3, 0.4) is 0 Å². The van der Waals surface area contributed by atoms with E-state index in [1.54, 1.807) is 24.3 Å². The van der Waals surface area contributed by atoms with E-state index in [2.05, 4.69) is 20.1 Å². The molecule has 1 aliphatic heterocycles. The van der Waals surface area contributed by atoms with Gasteiger partial charge in [-0.2, -0.15) is 0 Å². The standard InChI is InChI=1S/C24H21F4N5O7/c1-38-23(37)39-12-9-17(20(34)30-14-6-4-8-18(19(14)25)40-24(26,27)28)33(10-12)22(36)31-15-11-32(21(29)35)16-7-3-2-5-13(15)16/h2-8,11-12,17H,9-10H2,1H3,(H2,29,35)(H,30,34)(H,31,36)/t12-,17-/m0/s1. The SMILES string of the molecule is COC(=O)O[C@H]1C[C@@H](C(=O)Nc2cccc(OC(F)(F)F)c2F)N(C(=O)Nc2cn(C(N)=O)c3ccccc23)C1. The quantitative estimate of drug-likeness (QED) is 0.311. The van der Waals surface area contributed by atoms with Crippen molar-refractivity contribution in [1.82, 2.24) is 9.47 Å². The van der Waals surface area contributed by atoms with E-state index in [0.29, 0.717) is 10.9 Å². The van der Waals surface area contributed by atoms with E-state index < -0.39 is 59.9 Å². The first-order valence-corrected chi connectivity index (χ1v) is 11.4. The lowest BCUT2D eigenvalue weighted by Gasteiger charge is -2.24. The number of primary amides is 1. The van der Waals surface area contributed by atoms with Crippen LogP contribution in [0.1, 0.15) is 6.42 Å². The van der Waals surface area contributed by atoms with Crippen LogP contribution in [0, 0.1) is 5.82 Å². The zero-order chi connectivity index (χ0) is 29.2. The van der Waals surface area contributed by atoms with Gasteiger partial charge in [0.25, 0.3) is 0 Å². The molecule has 40 heavy (non-hydrogen) atoms. The van der Waals surface area contributed by atoms with Crippen molar-refractivity contribution in [3.63, 3.8) is 0 Å². The van der Waals surface area contributed by atoms with E-state index in [4.69, 9.17) is 10.5 Å². The second-order valence-electron chi connectivity index (χ2n) is 8.45. The summed E-state index contributed by atoms with van der Waals surface area (Å²) in [6, 6.07) is 6.19. The maximum absolute atomic E-state index is 14.6. The number of hydrogen-bond donors (Lipinski definition) is 3. The van der Waals surface area contributed by atoms with Gasteiger partial charge in [0.1, 0.15) is 12.1 Å². The number of nitrogens with two attached hydrogens (primary N) is 1. The number of nitrogens with one attached hydrogen (secondary N) is 2. The lowest BCUT2D eigenvalue weighted by molar-refractivity contribution is -0.275. The van der Waals surface area contributed by atoms with E-state index in [-0.39, 0.29) is 18.7 Å². The Bertz CT molecular complexity index is 1480. The van der Waals surface area contributed by atoms with E-state index in [0.717, 1.165) is 34.8 Å². The van der Waals surface area contributed by atoms with Crippen molar-refractivity contribution >= 4 is 46.4 Å². The molecule has 0 aliphatic carbocycles. The Hall–Kier alpha value is -5.02. The highest BCUT2D eigenvalue weighted by atomic mass is 19.4. The van der Waals surface area contributed by atoms with Crippen LogP contribution in [0.4, 0.5) is 43.3 Å². The molecule has 212 valence electrons. The normalized spacial score (nSPS) is 16.9. The van der Waals surface area contributed by atoms with Gasteiger partial charge in [-0.05, 0) is 18.2 Å². The molecule has 4 N–H and O–H groups in total. The van der Waals surface area contributed by atoms with Crippen molar-refractivity contribution in [3.8, 4) is 5.75 Å². The van der Waals surface area contributed by atoms with Gasteiger partial charge in [-0.15, -0.1) is 13.2 Å². The number of carbonyl (C=O) groups excluding carboxylic acids is 4. The number of nitrogens with zero attached hydrogens (tertiary/aromatic N) is 2. The number of halogens is 4. The molecule has 1 aromatic heterocycles. The summed E-state index contributed by atoms with van der Waals surface area (Å²) in [7, 11) is 1.05. The monoisotopic (exact) mass is 567 g/mol. The zero-order valence-corrected chi connectivity index (χ0v) is 20.5. The highest BCUT2D eigenvalue weighted by Gasteiger charge is 2.42. The number of fused-ring (bicyclic) bond motifs is 1. The summed E-state index contributed by atoms with van der Waals surface area (Å²) in [5.41, 5.74) is 5.32. The maximum atomic E-state index is 14.6. The van der Waals surface area contributed by atoms with Crippen molar-refractivity contribution in [3.05, 3.63) is 54.5 Å². The average Bonchev–Trinajstić information content (AvgIpc) is 3.48. The molecule has 12 nitrogen and oxygen atoms in total. The van der Waals surface area contributed by atoms with Gasteiger partial charge in [-0.3, -0.25) is 9.36 Å². The minimum atomic E-state index is -5.18. The molecule has 4 rings (SSSR count). The zero-order valence-electron chi connectivity index (χ0n) is 20.5. The summed E-state index contributed by atoms with van der Waals surface area (Å²) in [6.45, 7) is -0.298. The number of hydrogen-bond acceptors (Lipinski definition) is 7. The first-order chi connectivity index (χ1) is 18.9. The largest absolute Gasteiger partial charge is 0.573 e. The minimum Gasteiger partial charge on any atom is -0.438 e. The minimum absolute atomic E-state index is 0.166. The van der Waals surface area contributed by atoms with Crippen LogP contribution in [0.25, 0.3) is 10.9 Å². The molecule has 1 saturated heterocycles. The Morgan fingerprint density at radius 1 is 1.02 bits per heavy atom. The van der Waals surface area contributed by atoms with Crippen molar-refractivity contribution in [2.45, 2.75) is 24.9 Å². The number of urea groups is 1. The molecule has 3 aromatic rings. The summed E-state index contributed by atoms with van der Waals surface area (Å²) in [6.07, 6.45) is -6.26. The molecular weight excluding hydrogens is 546 g/mol. The summed E-state index contributed by atoms with van der Waals surface area (Å²) < 4.78 is 66.7. The van der Waals surface area contributed by atoms with Gasteiger partial charge < -0.3 is 35.5 Å². The van der Waals surface area contributed by atoms with Gasteiger partial charge in [0, 0.05) is 18.0 Å². The number of aromatic nitrogens is 1. The predicted molar refractivity (Wildman–Crippen MR) is 130 cm³/mol. The Balaban J connectivity index is 1.59. The molecule has 1 fully saturated rings. The van der Waals surface area contributed by atoms with Gasteiger partial charge in [0.2, 0.25) is 5.91 Å². The van der Waals surface area contributed by atoms with Crippen LogP contribution < -0.4 is 21.1 Å². The molecule has 0 unspecified atom stereocenters.